The summed E-state index contributed by atoms with van der Waals surface area (Å²) >= 11 is 0. The first-order chi connectivity index (χ1) is 13.7. The van der Waals surface area contributed by atoms with E-state index in [4.69, 9.17) is 4.74 Å². The summed E-state index contributed by atoms with van der Waals surface area (Å²) in [5, 5.41) is 31.5. The van der Waals surface area contributed by atoms with Crippen LogP contribution in [0, 0.1) is 17.3 Å². The van der Waals surface area contributed by atoms with Crippen molar-refractivity contribution in [2.75, 3.05) is 0 Å². The van der Waals surface area contributed by atoms with Crippen LogP contribution in [0.4, 0.5) is 0 Å². The van der Waals surface area contributed by atoms with E-state index in [9.17, 15) is 20.1 Å². The lowest BCUT2D eigenvalue weighted by Gasteiger charge is -2.32. The third-order valence-corrected chi connectivity index (χ3v) is 6.34. The van der Waals surface area contributed by atoms with Crippen molar-refractivity contribution >= 4 is 5.97 Å². The van der Waals surface area contributed by atoms with Gasteiger partial charge in [-0.25, -0.2) is 0 Å². The van der Waals surface area contributed by atoms with Gasteiger partial charge < -0.3 is 20.1 Å². The van der Waals surface area contributed by atoms with Crippen molar-refractivity contribution in [3.05, 3.63) is 24.5 Å². The van der Waals surface area contributed by atoms with Gasteiger partial charge in [0.15, 0.2) is 0 Å². The van der Waals surface area contributed by atoms with Crippen LogP contribution in [0.3, 0.4) is 0 Å². The summed E-state index contributed by atoms with van der Waals surface area (Å²) in [6.45, 7) is 7.76. The zero-order chi connectivity index (χ0) is 21.9. The molecule has 0 spiro atoms. The maximum Gasteiger partial charge on any atom is 0.307 e. The molecule has 0 saturated heterocycles. The number of esters is 1. The van der Waals surface area contributed by atoms with Gasteiger partial charge in [-0.1, -0.05) is 45.8 Å². The number of aliphatic hydroxyl groups is 3. The predicted molar refractivity (Wildman–Crippen MR) is 116 cm³/mol. The SMILES string of the molecule is CCCCC(C)(C)[C@H](O)CC[C@@H]1[C@@H](CCC/C=C/C=C/OC(C)=O)[C@@H](O)C[C@H]1O. The van der Waals surface area contributed by atoms with Crippen molar-refractivity contribution in [2.24, 2.45) is 17.3 Å². The molecule has 1 fully saturated rings. The molecule has 0 bridgehead atoms. The molecule has 0 aromatic rings. The Hall–Kier alpha value is -1.17. The summed E-state index contributed by atoms with van der Waals surface area (Å²) in [5.41, 5.74) is -0.113. The molecule has 0 aromatic heterocycles. The third-order valence-electron chi connectivity index (χ3n) is 6.34. The van der Waals surface area contributed by atoms with Crippen LogP contribution in [0.5, 0.6) is 0 Å². The molecule has 29 heavy (non-hydrogen) atoms. The highest BCUT2D eigenvalue weighted by molar-refractivity contribution is 5.66. The van der Waals surface area contributed by atoms with Gasteiger partial charge in [0.25, 0.3) is 0 Å². The molecule has 3 N–H and O–H groups in total. The minimum atomic E-state index is -0.483. The number of hydrogen-bond acceptors (Lipinski definition) is 5. The van der Waals surface area contributed by atoms with E-state index >= 15 is 0 Å². The van der Waals surface area contributed by atoms with Crippen LogP contribution in [0.15, 0.2) is 24.5 Å². The zero-order valence-corrected chi connectivity index (χ0v) is 18.7. The number of unbranched alkanes of at least 4 members (excludes halogenated alkanes) is 2. The average molecular weight is 411 g/mol. The highest BCUT2D eigenvalue weighted by atomic mass is 16.5. The number of ether oxygens (including phenoxy) is 1. The Morgan fingerprint density at radius 3 is 2.41 bits per heavy atom. The molecule has 1 rings (SSSR count). The van der Waals surface area contributed by atoms with Crippen LogP contribution in [-0.2, 0) is 9.53 Å². The molecular formula is C24H42O5. The lowest BCUT2D eigenvalue weighted by atomic mass is 9.77. The molecule has 168 valence electrons. The first-order valence-corrected chi connectivity index (χ1v) is 11.2. The summed E-state index contributed by atoms with van der Waals surface area (Å²) in [7, 11) is 0. The minimum Gasteiger partial charge on any atom is -0.435 e. The van der Waals surface area contributed by atoms with Crippen LogP contribution in [0.2, 0.25) is 0 Å². The maximum atomic E-state index is 10.7. The fourth-order valence-electron chi connectivity index (χ4n) is 4.35. The van der Waals surface area contributed by atoms with E-state index in [2.05, 4.69) is 20.8 Å². The summed E-state index contributed by atoms with van der Waals surface area (Å²) in [5.74, 6) is -0.205. The van der Waals surface area contributed by atoms with Crippen molar-refractivity contribution in [2.45, 2.75) is 104 Å². The normalized spacial score (nSPS) is 26.4. The monoisotopic (exact) mass is 410 g/mol. The van der Waals surface area contributed by atoms with Gasteiger partial charge in [0.2, 0.25) is 0 Å². The van der Waals surface area contributed by atoms with Gasteiger partial charge in [0.05, 0.1) is 24.6 Å². The summed E-state index contributed by atoms with van der Waals surface area (Å²) in [6, 6.07) is 0. The van der Waals surface area contributed by atoms with Crippen molar-refractivity contribution in [1.29, 1.82) is 0 Å². The highest BCUT2D eigenvalue weighted by Crippen LogP contribution is 2.40. The van der Waals surface area contributed by atoms with Gasteiger partial charge in [-0.15, -0.1) is 0 Å². The Balaban J connectivity index is 2.45. The number of carbonyl (C=O) groups excluding carboxylic acids is 1. The second-order valence-corrected chi connectivity index (χ2v) is 9.18. The lowest BCUT2D eigenvalue weighted by Crippen LogP contribution is -2.31. The molecule has 1 saturated carbocycles. The average Bonchev–Trinajstić information content (AvgIpc) is 2.92. The Morgan fingerprint density at radius 2 is 1.79 bits per heavy atom. The van der Waals surface area contributed by atoms with E-state index in [1.165, 1.54) is 13.2 Å². The fraction of sp³-hybridized carbons (Fsp3) is 0.792. The predicted octanol–water partition coefficient (Wildman–Crippen LogP) is 4.51. The van der Waals surface area contributed by atoms with Gasteiger partial charge in [-0.05, 0) is 68.3 Å². The summed E-state index contributed by atoms with van der Waals surface area (Å²) in [6.07, 6.45) is 13.3. The summed E-state index contributed by atoms with van der Waals surface area (Å²) in [4.78, 5) is 10.7. The van der Waals surface area contributed by atoms with Gasteiger partial charge in [0.1, 0.15) is 0 Å². The third kappa shape index (κ3) is 9.45. The van der Waals surface area contributed by atoms with Crippen LogP contribution >= 0.6 is 0 Å². The second-order valence-electron chi connectivity index (χ2n) is 9.18. The van der Waals surface area contributed by atoms with Crippen molar-refractivity contribution in [3.8, 4) is 0 Å². The Morgan fingerprint density at radius 1 is 1.14 bits per heavy atom. The standard InChI is InChI=1S/C24H42O5/c1-5-6-15-24(3,4)23(28)14-13-20-19(21(26)17-22(20)27)12-10-8-7-9-11-16-29-18(2)25/h7,9,11,16,19-23,26-28H,5-6,8,10,12-15,17H2,1-4H3/b9-7+,16-11+/t19-,20-,21+,22-,23-/m1/s1. The van der Waals surface area contributed by atoms with Gasteiger partial charge in [-0.3, -0.25) is 4.79 Å². The number of aliphatic hydroxyl groups excluding tert-OH is 3. The summed E-state index contributed by atoms with van der Waals surface area (Å²) < 4.78 is 4.71. The highest BCUT2D eigenvalue weighted by Gasteiger charge is 2.41. The van der Waals surface area contributed by atoms with Gasteiger partial charge in [0, 0.05) is 6.92 Å². The Bertz CT molecular complexity index is 525. The van der Waals surface area contributed by atoms with Gasteiger partial charge in [-0.2, -0.15) is 0 Å². The van der Waals surface area contributed by atoms with Crippen LogP contribution < -0.4 is 0 Å². The molecular weight excluding hydrogens is 368 g/mol. The van der Waals surface area contributed by atoms with E-state index in [0.29, 0.717) is 12.8 Å². The molecule has 5 nitrogen and oxygen atoms in total. The molecule has 0 aliphatic heterocycles. The molecule has 0 heterocycles. The number of hydrogen-bond donors (Lipinski definition) is 3. The first-order valence-electron chi connectivity index (χ1n) is 11.2. The van der Waals surface area contributed by atoms with Crippen molar-refractivity contribution < 1.29 is 24.9 Å². The molecule has 5 atom stereocenters. The lowest BCUT2D eigenvalue weighted by molar-refractivity contribution is -0.135. The number of allylic oxidation sites excluding steroid dienone is 3. The molecule has 1 aliphatic carbocycles. The van der Waals surface area contributed by atoms with E-state index in [-0.39, 0.29) is 29.3 Å². The van der Waals surface area contributed by atoms with Crippen LogP contribution in [0.1, 0.15) is 85.5 Å². The number of rotatable bonds is 13. The molecule has 0 unspecified atom stereocenters. The van der Waals surface area contributed by atoms with E-state index in [0.717, 1.165) is 44.9 Å². The fourth-order valence-corrected chi connectivity index (χ4v) is 4.35. The molecule has 0 radical (unpaired) electrons. The van der Waals surface area contributed by atoms with E-state index in [1.807, 2.05) is 12.2 Å². The van der Waals surface area contributed by atoms with Crippen LogP contribution in [0.25, 0.3) is 0 Å². The largest absolute Gasteiger partial charge is 0.435 e. The zero-order valence-electron chi connectivity index (χ0n) is 18.7. The van der Waals surface area contributed by atoms with Gasteiger partial charge >= 0.3 is 5.97 Å². The smallest absolute Gasteiger partial charge is 0.307 e. The van der Waals surface area contributed by atoms with E-state index < -0.39 is 12.2 Å². The number of carbonyl (C=O) groups is 1. The molecule has 0 aromatic carbocycles. The Labute approximate surface area is 176 Å². The van der Waals surface area contributed by atoms with Crippen molar-refractivity contribution in [3.63, 3.8) is 0 Å². The van der Waals surface area contributed by atoms with Crippen LogP contribution in [-0.4, -0.2) is 39.6 Å². The van der Waals surface area contributed by atoms with Crippen molar-refractivity contribution in [1.82, 2.24) is 0 Å². The molecule has 1 aliphatic rings. The second kappa shape index (κ2) is 13.2. The Kier molecular flexibility index (Phi) is 11.8. The topological polar surface area (TPSA) is 87.0 Å². The minimum absolute atomic E-state index is 0.0504. The van der Waals surface area contributed by atoms with E-state index in [1.54, 1.807) is 6.08 Å². The quantitative estimate of drug-likeness (QED) is 0.180. The molecule has 5 heteroatoms. The maximum absolute atomic E-state index is 10.7. The first kappa shape index (κ1) is 25.9. The molecule has 0 amide bonds.